The monoisotopic (exact) mass is 235 g/mol. The summed E-state index contributed by atoms with van der Waals surface area (Å²) in [6.07, 6.45) is 7.11. The summed E-state index contributed by atoms with van der Waals surface area (Å²) in [6, 6.07) is 8.01. The highest BCUT2D eigenvalue weighted by Crippen LogP contribution is 2.19. The van der Waals surface area contributed by atoms with E-state index in [4.69, 9.17) is 11.6 Å². The van der Waals surface area contributed by atoms with E-state index in [0.717, 1.165) is 10.9 Å². The van der Waals surface area contributed by atoms with Gasteiger partial charge in [-0.25, -0.2) is 0 Å². The highest BCUT2D eigenvalue weighted by molar-refractivity contribution is 6.30. The first-order valence-electron chi connectivity index (χ1n) is 5.86. The molecule has 0 radical (unpaired) electrons. The lowest BCUT2D eigenvalue weighted by Gasteiger charge is -2.26. The van der Waals surface area contributed by atoms with Crippen LogP contribution < -0.4 is 0 Å². The molecule has 0 saturated carbocycles. The number of piperidine rings is 1. The highest BCUT2D eigenvalue weighted by atomic mass is 35.5. The van der Waals surface area contributed by atoms with Crippen LogP contribution in [-0.2, 0) is 0 Å². The van der Waals surface area contributed by atoms with Crippen LogP contribution in [0.5, 0.6) is 0 Å². The van der Waals surface area contributed by atoms with Gasteiger partial charge in [0.2, 0.25) is 0 Å². The minimum Gasteiger partial charge on any atom is -0.306 e. The summed E-state index contributed by atoms with van der Waals surface area (Å²) in [5.74, 6) is 0.742. The van der Waals surface area contributed by atoms with Crippen LogP contribution in [0.25, 0.3) is 6.08 Å². The summed E-state index contributed by atoms with van der Waals surface area (Å²) in [6.45, 7) is 2.44. The van der Waals surface area contributed by atoms with Crippen molar-refractivity contribution in [1.29, 1.82) is 0 Å². The third kappa shape index (κ3) is 3.36. The lowest BCUT2D eigenvalue weighted by Crippen LogP contribution is -2.29. The Hall–Kier alpha value is -0.790. The molecule has 16 heavy (non-hydrogen) atoms. The molecular weight excluding hydrogens is 218 g/mol. The van der Waals surface area contributed by atoms with Gasteiger partial charge in [0.05, 0.1) is 0 Å². The van der Waals surface area contributed by atoms with Crippen molar-refractivity contribution >= 4 is 17.7 Å². The lowest BCUT2D eigenvalue weighted by molar-refractivity contribution is 0.244. The molecule has 1 heterocycles. The smallest absolute Gasteiger partial charge is 0.0406 e. The van der Waals surface area contributed by atoms with Gasteiger partial charge in [0.1, 0.15) is 0 Å². The average Bonchev–Trinajstić information content (AvgIpc) is 2.30. The van der Waals surface area contributed by atoms with Crippen LogP contribution in [0, 0.1) is 5.92 Å². The SMILES string of the molecule is CN1CCC(C=Cc2ccc(Cl)cc2)CC1. The zero-order valence-electron chi connectivity index (χ0n) is 9.70. The number of rotatable bonds is 2. The zero-order chi connectivity index (χ0) is 11.4. The van der Waals surface area contributed by atoms with Crippen LogP contribution in [0.3, 0.4) is 0 Å². The van der Waals surface area contributed by atoms with Gasteiger partial charge in [-0.2, -0.15) is 0 Å². The molecule has 1 aliphatic rings. The van der Waals surface area contributed by atoms with Gasteiger partial charge in [-0.3, -0.25) is 0 Å². The van der Waals surface area contributed by atoms with Crippen LogP contribution in [0.4, 0.5) is 0 Å². The number of hydrogen-bond donors (Lipinski definition) is 0. The fraction of sp³-hybridized carbons (Fsp3) is 0.429. The topological polar surface area (TPSA) is 3.24 Å². The van der Waals surface area contributed by atoms with Crippen LogP contribution in [0.15, 0.2) is 30.3 Å². The van der Waals surface area contributed by atoms with E-state index < -0.39 is 0 Å². The number of likely N-dealkylation sites (tertiary alicyclic amines) is 1. The molecule has 0 unspecified atom stereocenters. The van der Waals surface area contributed by atoms with E-state index in [1.165, 1.54) is 31.5 Å². The van der Waals surface area contributed by atoms with E-state index in [1.54, 1.807) is 0 Å². The van der Waals surface area contributed by atoms with Gasteiger partial charge in [0.15, 0.2) is 0 Å². The third-order valence-electron chi connectivity index (χ3n) is 3.19. The lowest BCUT2D eigenvalue weighted by atomic mass is 9.96. The van der Waals surface area contributed by atoms with Crippen molar-refractivity contribution in [3.63, 3.8) is 0 Å². The molecule has 2 rings (SSSR count). The van der Waals surface area contributed by atoms with Gasteiger partial charge in [0, 0.05) is 5.02 Å². The van der Waals surface area contributed by atoms with Crippen LogP contribution in [0.2, 0.25) is 5.02 Å². The number of hydrogen-bond acceptors (Lipinski definition) is 1. The van der Waals surface area contributed by atoms with Gasteiger partial charge in [0.25, 0.3) is 0 Å². The number of nitrogens with zero attached hydrogens (tertiary/aromatic N) is 1. The molecule has 0 aliphatic carbocycles. The Kier molecular flexibility index (Phi) is 4.03. The number of halogens is 1. The molecule has 0 atom stereocenters. The van der Waals surface area contributed by atoms with Gasteiger partial charge in [-0.1, -0.05) is 35.9 Å². The van der Waals surface area contributed by atoms with Crippen molar-refractivity contribution in [2.24, 2.45) is 5.92 Å². The number of allylic oxidation sites excluding steroid dienone is 1. The second-order valence-electron chi connectivity index (χ2n) is 4.55. The molecule has 0 aromatic heterocycles. The summed E-state index contributed by atoms with van der Waals surface area (Å²) in [5.41, 5.74) is 1.24. The maximum Gasteiger partial charge on any atom is 0.0406 e. The molecule has 86 valence electrons. The second kappa shape index (κ2) is 5.51. The maximum absolute atomic E-state index is 5.85. The van der Waals surface area contributed by atoms with Crippen molar-refractivity contribution in [1.82, 2.24) is 4.90 Å². The first kappa shape index (κ1) is 11.7. The second-order valence-corrected chi connectivity index (χ2v) is 4.99. The summed E-state index contributed by atoms with van der Waals surface area (Å²) in [4.78, 5) is 2.40. The number of benzene rings is 1. The molecular formula is C14H18ClN. The minimum atomic E-state index is 0.742. The van der Waals surface area contributed by atoms with E-state index >= 15 is 0 Å². The quantitative estimate of drug-likeness (QED) is 0.756. The third-order valence-corrected chi connectivity index (χ3v) is 3.45. The largest absolute Gasteiger partial charge is 0.306 e. The Morgan fingerprint density at radius 1 is 1.19 bits per heavy atom. The molecule has 2 heteroatoms. The highest BCUT2D eigenvalue weighted by Gasteiger charge is 2.13. The Balaban J connectivity index is 1.91. The van der Waals surface area contributed by atoms with Gasteiger partial charge in [-0.05, 0) is 56.6 Å². The summed E-state index contributed by atoms with van der Waals surface area (Å²) < 4.78 is 0. The average molecular weight is 236 g/mol. The molecule has 1 aromatic carbocycles. The Labute approximate surface area is 103 Å². The Morgan fingerprint density at radius 2 is 1.81 bits per heavy atom. The summed E-state index contributed by atoms with van der Waals surface area (Å²) >= 11 is 5.85. The van der Waals surface area contributed by atoms with Gasteiger partial charge in [-0.15, -0.1) is 0 Å². The normalized spacial score (nSPS) is 19.4. The minimum absolute atomic E-state index is 0.742. The zero-order valence-corrected chi connectivity index (χ0v) is 10.5. The fourth-order valence-electron chi connectivity index (χ4n) is 2.04. The van der Waals surface area contributed by atoms with E-state index in [2.05, 4.69) is 36.2 Å². The molecule has 1 aromatic rings. The first-order valence-corrected chi connectivity index (χ1v) is 6.24. The van der Waals surface area contributed by atoms with Crippen LogP contribution >= 0.6 is 11.6 Å². The van der Waals surface area contributed by atoms with E-state index in [9.17, 15) is 0 Å². The van der Waals surface area contributed by atoms with Crippen LogP contribution in [0.1, 0.15) is 18.4 Å². The molecule has 1 nitrogen and oxygen atoms in total. The Bertz CT molecular complexity index is 348. The standard InChI is InChI=1S/C14H18ClN/c1-16-10-8-13(9-11-16)3-2-12-4-6-14(15)7-5-12/h2-7,13H,8-11H2,1H3. The molecule has 0 bridgehead atoms. The van der Waals surface area contributed by atoms with Crippen molar-refractivity contribution in [2.75, 3.05) is 20.1 Å². The van der Waals surface area contributed by atoms with Gasteiger partial charge < -0.3 is 4.90 Å². The maximum atomic E-state index is 5.85. The van der Waals surface area contributed by atoms with Gasteiger partial charge >= 0.3 is 0 Å². The van der Waals surface area contributed by atoms with Crippen LogP contribution in [-0.4, -0.2) is 25.0 Å². The fourth-order valence-corrected chi connectivity index (χ4v) is 2.17. The van der Waals surface area contributed by atoms with Crippen molar-refractivity contribution in [2.45, 2.75) is 12.8 Å². The van der Waals surface area contributed by atoms with E-state index in [-0.39, 0.29) is 0 Å². The first-order chi connectivity index (χ1) is 7.74. The van der Waals surface area contributed by atoms with Crippen molar-refractivity contribution in [3.8, 4) is 0 Å². The predicted octanol–water partition coefficient (Wildman–Crippen LogP) is 3.70. The molecule has 0 amide bonds. The molecule has 0 spiro atoms. The van der Waals surface area contributed by atoms with E-state index in [0.29, 0.717) is 0 Å². The molecule has 1 fully saturated rings. The van der Waals surface area contributed by atoms with Crippen molar-refractivity contribution < 1.29 is 0 Å². The molecule has 0 N–H and O–H groups in total. The van der Waals surface area contributed by atoms with E-state index in [1.807, 2.05) is 12.1 Å². The van der Waals surface area contributed by atoms with Crippen molar-refractivity contribution in [3.05, 3.63) is 40.9 Å². The Morgan fingerprint density at radius 3 is 2.44 bits per heavy atom. The summed E-state index contributed by atoms with van der Waals surface area (Å²) in [5, 5.41) is 0.802. The molecule has 1 aliphatic heterocycles. The molecule has 1 saturated heterocycles. The summed E-state index contributed by atoms with van der Waals surface area (Å²) in [7, 11) is 2.19. The predicted molar refractivity (Wildman–Crippen MR) is 70.7 cm³/mol.